The Labute approximate surface area is 144 Å². The summed E-state index contributed by atoms with van der Waals surface area (Å²) in [5, 5.41) is 0. The lowest BCUT2D eigenvalue weighted by Gasteiger charge is -2.50. The molecule has 0 saturated carbocycles. The van der Waals surface area contributed by atoms with E-state index >= 15 is 0 Å². The van der Waals surface area contributed by atoms with Crippen LogP contribution in [0.15, 0.2) is 24.3 Å². The van der Waals surface area contributed by atoms with E-state index in [1.165, 1.54) is 11.1 Å². The number of carbonyl (C=O) groups excluding carboxylic acids is 1. The highest BCUT2D eigenvalue weighted by molar-refractivity contribution is 5.78. The third-order valence-electron chi connectivity index (χ3n) is 6.03. The Morgan fingerprint density at radius 1 is 1.25 bits per heavy atom. The second-order valence-electron chi connectivity index (χ2n) is 7.80. The molecule has 130 valence electrons. The molecule has 24 heavy (non-hydrogen) atoms. The van der Waals surface area contributed by atoms with Crippen molar-refractivity contribution in [2.24, 2.45) is 5.92 Å². The number of rotatable bonds is 5. The summed E-state index contributed by atoms with van der Waals surface area (Å²) >= 11 is 0. The Kier molecular flexibility index (Phi) is 4.35. The van der Waals surface area contributed by atoms with Gasteiger partial charge in [0.15, 0.2) is 0 Å². The van der Waals surface area contributed by atoms with E-state index in [1.807, 2.05) is 0 Å². The van der Waals surface area contributed by atoms with E-state index in [-0.39, 0.29) is 5.60 Å². The van der Waals surface area contributed by atoms with Gasteiger partial charge in [-0.25, -0.2) is 0 Å². The third kappa shape index (κ3) is 3.09. The summed E-state index contributed by atoms with van der Waals surface area (Å²) < 4.78 is 6.17. The number of ether oxygens (including phenoxy) is 1. The van der Waals surface area contributed by atoms with Crippen molar-refractivity contribution in [1.29, 1.82) is 0 Å². The van der Waals surface area contributed by atoms with E-state index < -0.39 is 0 Å². The van der Waals surface area contributed by atoms with Gasteiger partial charge < -0.3 is 9.64 Å². The van der Waals surface area contributed by atoms with Gasteiger partial charge in [-0.3, -0.25) is 9.69 Å². The molecule has 3 heterocycles. The average Bonchev–Trinajstić information content (AvgIpc) is 3.13. The molecule has 1 spiro atoms. The highest BCUT2D eigenvalue weighted by Crippen LogP contribution is 2.42. The molecule has 3 aliphatic rings. The van der Waals surface area contributed by atoms with E-state index in [9.17, 15) is 4.79 Å². The molecule has 0 aliphatic carbocycles. The molecule has 1 atom stereocenters. The Morgan fingerprint density at radius 3 is 2.75 bits per heavy atom. The Bertz CT molecular complexity index is 592. The molecule has 4 rings (SSSR count). The van der Waals surface area contributed by atoms with Crippen molar-refractivity contribution in [2.45, 2.75) is 44.8 Å². The molecule has 0 aromatic heterocycles. The van der Waals surface area contributed by atoms with Gasteiger partial charge in [0.05, 0.1) is 5.60 Å². The minimum Gasteiger partial charge on any atom is -0.372 e. The number of amides is 1. The smallest absolute Gasteiger partial charge is 0.222 e. The summed E-state index contributed by atoms with van der Waals surface area (Å²) in [6.45, 7) is 7.99. The summed E-state index contributed by atoms with van der Waals surface area (Å²) in [5.41, 5.74) is 2.76. The second kappa shape index (κ2) is 6.49. The molecule has 4 nitrogen and oxygen atoms in total. The Morgan fingerprint density at radius 2 is 2.04 bits per heavy atom. The molecular weight excluding hydrogens is 300 g/mol. The van der Waals surface area contributed by atoms with E-state index in [1.54, 1.807) is 0 Å². The minimum absolute atomic E-state index is 0.0630. The zero-order valence-corrected chi connectivity index (χ0v) is 14.7. The molecule has 3 fully saturated rings. The third-order valence-corrected chi connectivity index (χ3v) is 6.03. The summed E-state index contributed by atoms with van der Waals surface area (Å²) in [6, 6.07) is 8.83. The maximum atomic E-state index is 11.8. The summed E-state index contributed by atoms with van der Waals surface area (Å²) in [4.78, 5) is 16.3. The first-order valence-electron chi connectivity index (χ1n) is 9.34. The van der Waals surface area contributed by atoms with Crippen LogP contribution in [-0.4, -0.2) is 54.1 Å². The normalized spacial score (nSPS) is 26.3. The molecule has 3 saturated heterocycles. The van der Waals surface area contributed by atoms with Crippen molar-refractivity contribution >= 4 is 5.91 Å². The lowest BCUT2D eigenvalue weighted by Crippen LogP contribution is -2.64. The number of benzene rings is 1. The van der Waals surface area contributed by atoms with Gasteiger partial charge in [-0.05, 0) is 37.7 Å². The molecule has 0 bridgehead atoms. The number of likely N-dealkylation sites (tertiary alicyclic amines) is 2. The minimum atomic E-state index is 0.0630. The number of hydrogen-bond donors (Lipinski definition) is 0. The predicted molar refractivity (Wildman–Crippen MR) is 93.7 cm³/mol. The molecule has 0 N–H and O–H groups in total. The van der Waals surface area contributed by atoms with Gasteiger partial charge in [-0.15, -0.1) is 0 Å². The van der Waals surface area contributed by atoms with Crippen LogP contribution >= 0.6 is 0 Å². The van der Waals surface area contributed by atoms with Gasteiger partial charge >= 0.3 is 0 Å². The fourth-order valence-corrected chi connectivity index (χ4v) is 4.57. The van der Waals surface area contributed by atoms with Crippen LogP contribution in [0.3, 0.4) is 0 Å². The summed E-state index contributed by atoms with van der Waals surface area (Å²) in [5.74, 6) is 0.956. The quantitative estimate of drug-likeness (QED) is 0.833. The molecule has 1 aromatic carbocycles. The van der Waals surface area contributed by atoms with Crippen molar-refractivity contribution in [3.8, 4) is 0 Å². The maximum absolute atomic E-state index is 11.8. The zero-order chi connectivity index (χ0) is 16.6. The maximum Gasteiger partial charge on any atom is 0.222 e. The fraction of sp³-hybridized carbons (Fsp3) is 0.650. The van der Waals surface area contributed by atoms with Gasteiger partial charge in [-0.2, -0.15) is 0 Å². The van der Waals surface area contributed by atoms with Gasteiger partial charge in [-0.1, -0.05) is 29.8 Å². The molecule has 0 radical (unpaired) electrons. The van der Waals surface area contributed by atoms with Gasteiger partial charge in [0.1, 0.15) is 0 Å². The van der Waals surface area contributed by atoms with Gasteiger partial charge in [0, 0.05) is 45.8 Å². The van der Waals surface area contributed by atoms with Crippen molar-refractivity contribution in [3.63, 3.8) is 0 Å². The molecule has 1 amide bonds. The van der Waals surface area contributed by atoms with Crippen LogP contribution < -0.4 is 0 Å². The first kappa shape index (κ1) is 16.1. The van der Waals surface area contributed by atoms with Gasteiger partial charge in [0.25, 0.3) is 0 Å². The number of carbonyl (C=O) groups is 1. The topological polar surface area (TPSA) is 32.8 Å². The van der Waals surface area contributed by atoms with Crippen LogP contribution in [0.25, 0.3) is 0 Å². The van der Waals surface area contributed by atoms with Crippen molar-refractivity contribution in [3.05, 3.63) is 35.4 Å². The molecular formula is C20H28N2O2. The van der Waals surface area contributed by atoms with Crippen molar-refractivity contribution < 1.29 is 9.53 Å². The molecule has 4 heteroatoms. The highest BCUT2D eigenvalue weighted by atomic mass is 16.5. The molecule has 1 aromatic rings. The number of nitrogens with zero attached hydrogens (tertiary/aromatic N) is 2. The van der Waals surface area contributed by atoms with E-state index in [2.05, 4.69) is 41.0 Å². The lowest BCUT2D eigenvalue weighted by molar-refractivity contribution is -0.139. The second-order valence-corrected chi connectivity index (χ2v) is 7.80. The van der Waals surface area contributed by atoms with E-state index in [0.29, 0.717) is 11.8 Å². The Hall–Kier alpha value is -1.39. The van der Waals surface area contributed by atoms with Crippen LogP contribution in [0, 0.1) is 12.8 Å². The van der Waals surface area contributed by atoms with Crippen LogP contribution in [-0.2, 0) is 16.1 Å². The van der Waals surface area contributed by atoms with Gasteiger partial charge in [0.2, 0.25) is 5.91 Å². The van der Waals surface area contributed by atoms with E-state index in [4.69, 9.17) is 4.74 Å². The number of hydrogen-bond acceptors (Lipinski definition) is 3. The first-order valence-corrected chi connectivity index (χ1v) is 9.34. The van der Waals surface area contributed by atoms with Crippen molar-refractivity contribution in [1.82, 2.24) is 9.80 Å². The van der Waals surface area contributed by atoms with Crippen LogP contribution in [0.2, 0.25) is 0 Å². The van der Waals surface area contributed by atoms with Crippen LogP contribution in [0.5, 0.6) is 0 Å². The fourth-order valence-electron chi connectivity index (χ4n) is 4.57. The van der Waals surface area contributed by atoms with Crippen LogP contribution in [0.4, 0.5) is 0 Å². The lowest BCUT2D eigenvalue weighted by atomic mass is 9.78. The molecule has 3 aliphatic heterocycles. The van der Waals surface area contributed by atoms with Crippen molar-refractivity contribution in [2.75, 3.05) is 32.8 Å². The zero-order valence-electron chi connectivity index (χ0n) is 14.7. The predicted octanol–water partition coefficient (Wildman–Crippen LogP) is 2.60. The first-order chi connectivity index (χ1) is 11.6. The monoisotopic (exact) mass is 328 g/mol. The molecule has 0 unspecified atom stereocenters. The van der Waals surface area contributed by atoms with Crippen LogP contribution in [0.1, 0.15) is 36.8 Å². The average molecular weight is 328 g/mol. The Balaban J connectivity index is 1.29. The summed E-state index contributed by atoms with van der Waals surface area (Å²) in [6.07, 6.45) is 4.04. The SMILES string of the molecule is Cc1ccc(CN2CC3(C2)OCC[C@H]3CCN2CCCC2=O)cc1. The number of aryl methyl sites for hydroxylation is 1. The highest BCUT2D eigenvalue weighted by Gasteiger charge is 2.52. The van der Waals surface area contributed by atoms with E-state index in [0.717, 1.165) is 65.0 Å². The summed E-state index contributed by atoms with van der Waals surface area (Å²) in [7, 11) is 0. The standard InChI is InChI=1S/C20H28N2O2/c1-16-4-6-17(7-5-16)13-21-14-20(15-21)18(9-12-24-20)8-11-22-10-2-3-19(22)23/h4-7,18H,2-3,8-15H2,1H3/t18-/m1/s1. The largest absolute Gasteiger partial charge is 0.372 e.